The molecule has 2 rings (SSSR count). The molecule has 118 valence electrons. The normalized spacial score (nSPS) is 19.1. The van der Waals surface area contributed by atoms with Gasteiger partial charge in [-0.25, -0.2) is 9.37 Å². The summed E-state index contributed by atoms with van der Waals surface area (Å²) in [5.41, 5.74) is 0.698. The van der Waals surface area contributed by atoms with Gasteiger partial charge in [0.2, 0.25) is 0 Å². The van der Waals surface area contributed by atoms with Crippen LogP contribution >= 0.6 is 0 Å². The van der Waals surface area contributed by atoms with Gasteiger partial charge < -0.3 is 15.1 Å². The molecule has 1 aliphatic rings. The maximum absolute atomic E-state index is 14.5. The third-order valence-electron chi connectivity index (χ3n) is 4.08. The van der Waals surface area contributed by atoms with Crippen molar-refractivity contribution in [2.24, 2.45) is 5.92 Å². The van der Waals surface area contributed by atoms with Gasteiger partial charge in [-0.1, -0.05) is 6.92 Å². The van der Waals surface area contributed by atoms with Crippen LogP contribution in [0.2, 0.25) is 0 Å². The van der Waals surface area contributed by atoms with Crippen molar-refractivity contribution in [1.29, 1.82) is 0 Å². The van der Waals surface area contributed by atoms with Gasteiger partial charge in [0.1, 0.15) is 0 Å². The molecule has 0 spiro atoms. The molecule has 1 aromatic rings. The standard InChI is InChI=1S/C16H27FN4/c1-4-7-18-10-14-5-8-19-16(15(14)17)21(3)12-13-6-9-20(2)11-13/h5,8,13,18H,4,6-7,9-12H2,1-3H3. The van der Waals surface area contributed by atoms with E-state index in [-0.39, 0.29) is 5.82 Å². The van der Waals surface area contributed by atoms with Crippen molar-refractivity contribution in [3.8, 4) is 0 Å². The van der Waals surface area contributed by atoms with Crippen LogP contribution in [0.3, 0.4) is 0 Å². The van der Waals surface area contributed by atoms with Gasteiger partial charge in [0.05, 0.1) is 0 Å². The van der Waals surface area contributed by atoms with E-state index in [0.717, 1.165) is 32.6 Å². The van der Waals surface area contributed by atoms with Crippen molar-refractivity contribution in [2.45, 2.75) is 26.3 Å². The molecule has 0 aliphatic carbocycles. The molecule has 2 heterocycles. The van der Waals surface area contributed by atoms with Gasteiger partial charge in [-0.05, 0) is 45.0 Å². The van der Waals surface area contributed by atoms with Gasteiger partial charge in [-0.15, -0.1) is 0 Å². The molecule has 0 aromatic carbocycles. The molecular weight excluding hydrogens is 267 g/mol. The second-order valence-corrected chi connectivity index (χ2v) is 6.08. The number of nitrogens with zero attached hydrogens (tertiary/aromatic N) is 3. The topological polar surface area (TPSA) is 31.4 Å². The van der Waals surface area contributed by atoms with Gasteiger partial charge in [0.15, 0.2) is 11.6 Å². The molecule has 0 radical (unpaired) electrons. The van der Waals surface area contributed by atoms with Gasteiger partial charge in [-0.3, -0.25) is 0 Å². The molecule has 1 fully saturated rings. The van der Waals surface area contributed by atoms with Crippen LogP contribution in [0.5, 0.6) is 0 Å². The highest BCUT2D eigenvalue weighted by Crippen LogP contribution is 2.22. The minimum absolute atomic E-state index is 0.185. The van der Waals surface area contributed by atoms with Crippen LogP contribution in [0.1, 0.15) is 25.3 Å². The average molecular weight is 294 g/mol. The lowest BCUT2D eigenvalue weighted by Crippen LogP contribution is -2.29. The summed E-state index contributed by atoms with van der Waals surface area (Å²) in [6.45, 7) is 6.66. The zero-order valence-corrected chi connectivity index (χ0v) is 13.4. The van der Waals surface area contributed by atoms with E-state index in [1.165, 1.54) is 6.42 Å². The van der Waals surface area contributed by atoms with Crippen molar-refractivity contribution in [3.05, 3.63) is 23.6 Å². The lowest BCUT2D eigenvalue weighted by Gasteiger charge is -2.23. The summed E-state index contributed by atoms with van der Waals surface area (Å²) >= 11 is 0. The lowest BCUT2D eigenvalue weighted by molar-refractivity contribution is 0.395. The molecule has 0 bridgehead atoms. The van der Waals surface area contributed by atoms with E-state index < -0.39 is 0 Å². The first-order valence-corrected chi connectivity index (χ1v) is 7.85. The first-order chi connectivity index (χ1) is 10.1. The third kappa shape index (κ3) is 4.38. The van der Waals surface area contributed by atoms with Crippen molar-refractivity contribution >= 4 is 5.82 Å². The first-order valence-electron chi connectivity index (χ1n) is 7.85. The zero-order valence-electron chi connectivity index (χ0n) is 13.4. The average Bonchev–Trinajstić information content (AvgIpc) is 2.86. The summed E-state index contributed by atoms with van der Waals surface area (Å²) in [6, 6.07) is 1.76. The van der Waals surface area contributed by atoms with Gasteiger partial charge in [-0.2, -0.15) is 0 Å². The molecule has 1 aromatic heterocycles. The summed E-state index contributed by atoms with van der Waals surface area (Å²) in [7, 11) is 4.08. The Kier molecular flexibility index (Phi) is 5.94. The fraction of sp³-hybridized carbons (Fsp3) is 0.688. The molecule has 1 atom stereocenters. The highest BCUT2D eigenvalue weighted by atomic mass is 19.1. The molecule has 4 nitrogen and oxygen atoms in total. The minimum atomic E-state index is -0.185. The third-order valence-corrected chi connectivity index (χ3v) is 4.08. The van der Waals surface area contributed by atoms with E-state index in [2.05, 4.69) is 29.2 Å². The van der Waals surface area contributed by atoms with Crippen LogP contribution in [0.25, 0.3) is 0 Å². The Morgan fingerprint density at radius 2 is 2.33 bits per heavy atom. The van der Waals surface area contributed by atoms with Gasteiger partial charge >= 0.3 is 0 Å². The molecule has 5 heteroatoms. The fourth-order valence-electron chi connectivity index (χ4n) is 2.92. The number of hydrogen-bond acceptors (Lipinski definition) is 4. The summed E-state index contributed by atoms with van der Waals surface area (Å²) in [4.78, 5) is 8.53. The predicted octanol–water partition coefficient (Wildman–Crippen LogP) is 2.11. The number of likely N-dealkylation sites (tertiary alicyclic amines) is 1. The number of aromatic nitrogens is 1. The monoisotopic (exact) mass is 294 g/mol. The van der Waals surface area contributed by atoms with E-state index >= 15 is 0 Å². The molecule has 1 N–H and O–H groups in total. The number of nitrogens with one attached hydrogen (secondary N) is 1. The first kappa shape index (κ1) is 16.2. The van der Waals surface area contributed by atoms with Crippen molar-refractivity contribution in [1.82, 2.24) is 15.2 Å². The lowest BCUT2D eigenvalue weighted by atomic mass is 10.1. The van der Waals surface area contributed by atoms with Crippen LogP contribution in [0.4, 0.5) is 10.2 Å². The van der Waals surface area contributed by atoms with Crippen LogP contribution in [-0.4, -0.2) is 50.2 Å². The second kappa shape index (κ2) is 7.71. The Bertz CT molecular complexity index is 452. The zero-order chi connectivity index (χ0) is 15.2. The second-order valence-electron chi connectivity index (χ2n) is 6.08. The summed E-state index contributed by atoms with van der Waals surface area (Å²) in [5.74, 6) is 0.887. The Hall–Kier alpha value is -1.20. The van der Waals surface area contributed by atoms with Crippen molar-refractivity contribution in [2.75, 3.05) is 45.2 Å². The molecule has 0 amide bonds. The van der Waals surface area contributed by atoms with E-state index in [9.17, 15) is 4.39 Å². The molecular formula is C16H27FN4. The number of pyridine rings is 1. The summed E-state index contributed by atoms with van der Waals surface area (Å²) < 4.78 is 14.5. The van der Waals surface area contributed by atoms with E-state index in [0.29, 0.717) is 23.8 Å². The summed E-state index contributed by atoms with van der Waals surface area (Å²) in [5, 5.41) is 3.24. The number of rotatable bonds is 7. The maximum Gasteiger partial charge on any atom is 0.170 e. The smallest absolute Gasteiger partial charge is 0.170 e. The van der Waals surface area contributed by atoms with E-state index in [1.807, 2.05) is 11.9 Å². The Labute approximate surface area is 127 Å². The molecule has 0 saturated carbocycles. The van der Waals surface area contributed by atoms with Gasteiger partial charge in [0, 0.05) is 38.4 Å². The number of hydrogen-bond donors (Lipinski definition) is 1. The number of halogens is 1. The maximum atomic E-state index is 14.5. The Morgan fingerprint density at radius 3 is 3.00 bits per heavy atom. The van der Waals surface area contributed by atoms with Crippen LogP contribution in [0, 0.1) is 11.7 Å². The molecule has 1 saturated heterocycles. The van der Waals surface area contributed by atoms with Crippen LogP contribution in [0.15, 0.2) is 12.3 Å². The van der Waals surface area contributed by atoms with E-state index in [4.69, 9.17) is 0 Å². The number of anilines is 1. The molecule has 21 heavy (non-hydrogen) atoms. The molecule has 1 unspecified atom stereocenters. The molecule has 1 aliphatic heterocycles. The van der Waals surface area contributed by atoms with Crippen LogP contribution in [-0.2, 0) is 6.54 Å². The summed E-state index contributed by atoms with van der Waals surface area (Å²) in [6.07, 6.45) is 3.94. The fourth-order valence-corrected chi connectivity index (χ4v) is 2.92. The highest BCUT2D eigenvalue weighted by Gasteiger charge is 2.22. The van der Waals surface area contributed by atoms with Crippen LogP contribution < -0.4 is 10.2 Å². The van der Waals surface area contributed by atoms with Crippen molar-refractivity contribution in [3.63, 3.8) is 0 Å². The highest BCUT2D eigenvalue weighted by molar-refractivity contribution is 5.42. The SMILES string of the molecule is CCCNCc1ccnc(N(C)CC2CCN(C)C2)c1F. The Morgan fingerprint density at radius 1 is 1.52 bits per heavy atom. The predicted molar refractivity (Wildman–Crippen MR) is 85.1 cm³/mol. The largest absolute Gasteiger partial charge is 0.357 e. The van der Waals surface area contributed by atoms with E-state index in [1.54, 1.807) is 12.3 Å². The van der Waals surface area contributed by atoms with Gasteiger partial charge in [0.25, 0.3) is 0 Å². The Balaban J connectivity index is 1.99. The van der Waals surface area contributed by atoms with Crippen molar-refractivity contribution < 1.29 is 4.39 Å². The quantitative estimate of drug-likeness (QED) is 0.781. The minimum Gasteiger partial charge on any atom is -0.357 e.